The first-order valence-electron chi connectivity index (χ1n) is 6.00. The lowest BCUT2D eigenvalue weighted by Gasteiger charge is -2.26. The number of nitrogens with two attached hydrogens (primary N) is 1. The Morgan fingerprint density at radius 1 is 1.62 bits per heavy atom. The second-order valence-electron chi connectivity index (χ2n) is 4.45. The summed E-state index contributed by atoms with van der Waals surface area (Å²) in [6.07, 6.45) is 5.15. The summed E-state index contributed by atoms with van der Waals surface area (Å²) in [4.78, 5) is 4.48. The Morgan fingerprint density at radius 3 is 3.12 bits per heavy atom. The maximum atomic E-state index is 6.29. The lowest BCUT2D eigenvalue weighted by molar-refractivity contribution is 0.0687. The summed E-state index contributed by atoms with van der Waals surface area (Å²) >= 11 is 0. The van der Waals surface area contributed by atoms with Gasteiger partial charge in [-0.25, -0.2) is 0 Å². The maximum absolute atomic E-state index is 6.29. The van der Waals surface area contributed by atoms with E-state index in [1.165, 1.54) is 11.3 Å². The van der Waals surface area contributed by atoms with Crippen LogP contribution < -0.4 is 5.73 Å². The molecule has 2 rings (SSSR count). The fraction of sp³-hybridized carbons (Fsp3) is 0.615. The van der Waals surface area contributed by atoms with Gasteiger partial charge in [0, 0.05) is 31.0 Å². The molecule has 3 heteroatoms. The molecule has 0 amide bonds. The van der Waals surface area contributed by atoms with Crippen molar-refractivity contribution in [2.24, 2.45) is 5.73 Å². The van der Waals surface area contributed by atoms with Gasteiger partial charge in [-0.05, 0) is 30.9 Å². The minimum Gasteiger partial charge on any atom is -0.380 e. The van der Waals surface area contributed by atoms with Crippen LogP contribution in [0.2, 0.25) is 0 Å². The Bertz CT molecular complexity index is 350. The van der Waals surface area contributed by atoms with Crippen LogP contribution >= 0.6 is 0 Å². The number of aromatic nitrogens is 1. The molecule has 0 saturated heterocycles. The van der Waals surface area contributed by atoms with Gasteiger partial charge < -0.3 is 10.5 Å². The van der Waals surface area contributed by atoms with Crippen molar-refractivity contribution in [3.63, 3.8) is 0 Å². The van der Waals surface area contributed by atoms with Gasteiger partial charge in [0.25, 0.3) is 0 Å². The van der Waals surface area contributed by atoms with Gasteiger partial charge in [-0.15, -0.1) is 0 Å². The molecule has 3 unspecified atom stereocenters. The highest BCUT2D eigenvalue weighted by Crippen LogP contribution is 2.34. The zero-order valence-corrected chi connectivity index (χ0v) is 10.0. The third-order valence-corrected chi connectivity index (χ3v) is 3.60. The summed E-state index contributed by atoms with van der Waals surface area (Å²) < 4.78 is 5.44. The van der Waals surface area contributed by atoms with Gasteiger partial charge in [-0.1, -0.05) is 13.0 Å². The normalized spacial score (nSPS) is 22.8. The van der Waals surface area contributed by atoms with Crippen LogP contribution in [0, 0.1) is 0 Å². The molecule has 3 nitrogen and oxygen atoms in total. The van der Waals surface area contributed by atoms with E-state index in [1.807, 2.05) is 12.3 Å². The number of pyridine rings is 1. The minimum absolute atomic E-state index is 0.0612. The zero-order valence-electron chi connectivity index (χ0n) is 10.0. The molecule has 1 aliphatic rings. The first-order chi connectivity index (χ1) is 7.77. The summed E-state index contributed by atoms with van der Waals surface area (Å²) in [5.74, 6) is 0.362. The number of hydrogen-bond acceptors (Lipinski definition) is 3. The van der Waals surface area contributed by atoms with Crippen molar-refractivity contribution in [3.05, 3.63) is 29.6 Å². The van der Waals surface area contributed by atoms with Gasteiger partial charge in [0.05, 0.1) is 6.10 Å². The van der Waals surface area contributed by atoms with Gasteiger partial charge in [-0.2, -0.15) is 0 Å². The Balaban J connectivity index is 2.18. The van der Waals surface area contributed by atoms with Gasteiger partial charge in [-0.3, -0.25) is 4.98 Å². The monoisotopic (exact) mass is 220 g/mol. The van der Waals surface area contributed by atoms with Crippen LogP contribution in [0.15, 0.2) is 18.3 Å². The number of fused-ring (bicyclic) bond motifs is 1. The Kier molecular flexibility index (Phi) is 3.56. The molecular weight excluding hydrogens is 200 g/mol. The largest absolute Gasteiger partial charge is 0.380 e. The van der Waals surface area contributed by atoms with Crippen molar-refractivity contribution in [1.82, 2.24) is 4.98 Å². The molecule has 0 saturated carbocycles. The second-order valence-corrected chi connectivity index (χ2v) is 4.45. The number of hydrogen-bond donors (Lipinski definition) is 1. The molecular formula is C13H20N2O. The van der Waals surface area contributed by atoms with E-state index in [-0.39, 0.29) is 12.1 Å². The molecule has 0 fully saturated rings. The standard InChI is InChI=1S/C13H20N2O/c1-3-11(16-2)12(14)10-7-6-9-5-4-8-15-13(9)10/h4-5,8,10-12H,3,6-7,14H2,1-2H3. The van der Waals surface area contributed by atoms with Crippen LogP contribution in [0.1, 0.15) is 36.9 Å². The van der Waals surface area contributed by atoms with Crippen molar-refractivity contribution >= 4 is 0 Å². The topological polar surface area (TPSA) is 48.1 Å². The average Bonchev–Trinajstić information content (AvgIpc) is 2.74. The predicted molar refractivity (Wildman–Crippen MR) is 64.4 cm³/mol. The van der Waals surface area contributed by atoms with E-state index in [1.54, 1.807) is 7.11 Å². The number of nitrogens with zero attached hydrogens (tertiary/aromatic N) is 1. The van der Waals surface area contributed by atoms with Crippen molar-refractivity contribution < 1.29 is 4.74 Å². The van der Waals surface area contributed by atoms with Crippen LogP contribution in [0.4, 0.5) is 0 Å². The average molecular weight is 220 g/mol. The molecule has 0 aromatic carbocycles. The summed E-state index contributed by atoms with van der Waals surface area (Å²) in [6.45, 7) is 2.11. The molecule has 1 aliphatic carbocycles. The van der Waals surface area contributed by atoms with E-state index < -0.39 is 0 Å². The maximum Gasteiger partial charge on any atom is 0.0726 e. The quantitative estimate of drug-likeness (QED) is 0.842. The number of aryl methyl sites for hydroxylation is 1. The highest BCUT2D eigenvalue weighted by molar-refractivity contribution is 5.30. The van der Waals surface area contributed by atoms with Crippen molar-refractivity contribution in [2.75, 3.05) is 7.11 Å². The van der Waals surface area contributed by atoms with E-state index in [0.29, 0.717) is 5.92 Å². The summed E-state index contributed by atoms with van der Waals surface area (Å²) in [6, 6.07) is 4.22. The lowest BCUT2D eigenvalue weighted by atomic mass is 9.92. The number of rotatable bonds is 4. The molecule has 1 aromatic heterocycles. The van der Waals surface area contributed by atoms with E-state index in [9.17, 15) is 0 Å². The lowest BCUT2D eigenvalue weighted by Crippen LogP contribution is -2.40. The predicted octanol–water partition coefficient (Wildman–Crippen LogP) is 1.86. The molecule has 0 aliphatic heterocycles. The molecule has 88 valence electrons. The molecule has 0 bridgehead atoms. The van der Waals surface area contributed by atoms with Crippen LogP contribution in [-0.2, 0) is 11.2 Å². The molecule has 2 N–H and O–H groups in total. The van der Waals surface area contributed by atoms with Gasteiger partial charge in [0.15, 0.2) is 0 Å². The number of methoxy groups -OCH3 is 1. The highest BCUT2D eigenvalue weighted by atomic mass is 16.5. The van der Waals surface area contributed by atoms with Crippen LogP contribution in [0.5, 0.6) is 0 Å². The third kappa shape index (κ3) is 1.97. The zero-order chi connectivity index (χ0) is 11.5. The molecule has 1 aromatic rings. The third-order valence-electron chi connectivity index (χ3n) is 3.60. The number of ether oxygens (including phenoxy) is 1. The van der Waals surface area contributed by atoms with E-state index in [2.05, 4.69) is 18.0 Å². The minimum atomic E-state index is 0.0612. The second kappa shape index (κ2) is 4.93. The van der Waals surface area contributed by atoms with E-state index in [0.717, 1.165) is 19.3 Å². The smallest absolute Gasteiger partial charge is 0.0726 e. The van der Waals surface area contributed by atoms with E-state index in [4.69, 9.17) is 10.5 Å². The van der Waals surface area contributed by atoms with Crippen molar-refractivity contribution in [3.8, 4) is 0 Å². The molecule has 0 spiro atoms. The summed E-state index contributed by atoms with van der Waals surface area (Å²) in [7, 11) is 1.74. The van der Waals surface area contributed by atoms with Crippen molar-refractivity contribution in [1.29, 1.82) is 0 Å². The molecule has 16 heavy (non-hydrogen) atoms. The van der Waals surface area contributed by atoms with Crippen LogP contribution in [-0.4, -0.2) is 24.2 Å². The summed E-state index contributed by atoms with van der Waals surface area (Å²) in [5, 5.41) is 0. The SMILES string of the molecule is CCC(OC)C(N)C1CCc2cccnc21. The Hall–Kier alpha value is -0.930. The fourth-order valence-electron chi connectivity index (χ4n) is 2.67. The first-order valence-corrected chi connectivity index (χ1v) is 6.00. The van der Waals surface area contributed by atoms with Gasteiger partial charge in [0.1, 0.15) is 0 Å². The summed E-state index contributed by atoms with van der Waals surface area (Å²) in [5.41, 5.74) is 8.84. The highest BCUT2D eigenvalue weighted by Gasteiger charge is 2.32. The van der Waals surface area contributed by atoms with E-state index >= 15 is 0 Å². The Morgan fingerprint density at radius 2 is 2.44 bits per heavy atom. The Labute approximate surface area is 97.0 Å². The van der Waals surface area contributed by atoms with Gasteiger partial charge >= 0.3 is 0 Å². The molecule has 1 heterocycles. The molecule has 0 radical (unpaired) electrons. The molecule has 3 atom stereocenters. The fourth-order valence-corrected chi connectivity index (χ4v) is 2.67. The van der Waals surface area contributed by atoms with Crippen LogP contribution in [0.3, 0.4) is 0 Å². The van der Waals surface area contributed by atoms with Gasteiger partial charge in [0.2, 0.25) is 0 Å². The first kappa shape index (κ1) is 11.6. The van der Waals surface area contributed by atoms with Crippen LogP contribution in [0.25, 0.3) is 0 Å². The van der Waals surface area contributed by atoms with Crippen molar-refractivity contribution in [2.45, 2.75) is 44.2 Å².